The zero-order valence-corrected chi connectivity index (χ0v) is 16.3. The van der Waals surface area contributed by atoms with Gasteiger partial charge in [-0.1, -0.05) is 12.7 Å². The van der Waals surface area contributed by atoms with E-state index in [1.165, 1.54) is 18.2 Å². The van der Waals surface area contributed by atoms with Crippen LogP contribution in [0.3, 0.4) is 0 Å². The van der Waals surface area contributed by atoms with Crippen molar-refractivity contribution in [3.8, 4) is 11.3 Å². The van der Waals surface area contributed by atoms with Gasteiger partial charge in [-0.25, -0.2) is 13.8 Å². The minimum Gasteiger partial charge on any atom is -0.404 e. The van der Waals surface area contributed by atoms with Gasteiger partial charge in [-0.05, 0) is 36.7 Å². The largest absolute Gasteiger partial charge is 0.404 e. The highest BCUT2D eigenvalue weighted by Gasteiger charge is 2.26. The summed E-state index contributed by atoms with van der Waals surface area (Å²) in [5, 5.41) is 0. The van der Waals surface area contributed by atoms with Crippen LogP contribution in [0.5, 0.6) is 0 Å². The van der Waals surface area contributed by atoms with Gasteiger partial charge in [0.1, 0.15) is 17.5 Å². The molecule has 152 valence electrons. The number of anilines is 2. The number of aliphatic imine (C=N–C) groups is 1. The highest BCUT2D eigenvalue weighted by atomic mass is 19.1. The number of nitrogens with two attached hydrogens (primary N) is 2. The topological polar surface area (TPSA) is 93.4 Å². The van der Waals surface area contributed by atoms with E-state index in [1.54, 1.807) is 19.5 Å². The molecule has 1 aromatic carbocycles. The smallest absolute Gasteiger partial charge is 0.227 e. The summed E-state index contributed by atoms with van der Waals surface area (Å²) >= 11 is 0. The van der Waals surface area contributed by atoms with E-state index in [0.717, 1.165) is 31.0 Å². The van der Waals surface area contributed by atoms with E-state index in [-0.39, 0.29) is 23.0 Å². The van der Waals surface area contributed by atoms with Crippen LogP contribution in [0, 0.1) is 17.6 Å². The number of rotatable bonds is 5. The normalized spacial score (nSPS) is 17.7. The minimum absolute atomic E-state index is 0.144. The van der Waals surface area contributed by atoms with Crippen molar-refractivity contribution in [3.63, 3.8) is 0 Å². The van der Waals surface area contributed by atoms with Gasteiger partial charge < -0.3 is 16.4 Å². The van der Waals surface area contributed by atoms with Crippen LogP contribution in [0.25, 0.3) is 17.3 Å². The van der Waals surface area contributed by atoms with Crippen molar-refractivity contribution in [2.24, 2.45) is 16.6 Å². The lowest BCUT2D eigenvalue weighted by Crippen LogP contribution is -2.38. The lowest BCUT2D eigenvalue weighted by atomic mass is 9.91. The van der Waals surface area contributed by atoms with Crippen molar-refractivity contribution in [1.29, 1.82) is 0 Å². The van der Waals surface area contributed by atoms with Crippen molar-refractivity contribution in [3.05, 3.63) is 53.7 Å². The fourth-order valence-electron chi connectivity index (χ4n) is 3.57. The van der Waals surface area contributed by atoms with Crippen molar-refractivity contribution in [1.82, 2.24) is 9.97 Å². The van der Waals surface area contributed by atoms with Gasteiger partial charge in [0.05, 0.1) is 5.69 Å². The molecule has 0 spiro atoms. The summed E-state index contributed by atoms with van der Waals surface area (Å²) in [6.45, 7) is 5.09. The molecule has 0 aliphatic carbocycles. The van der Waals surface area contributed by atoms with Crippen LogP contribution in [-0.2, 0) is 0 Å². The van der Waals surface area contributed by atoms with E-state index in [0.29, 0.717) is 18.1 Å². The van der Waals surface area contributed by atoms with Crippen LogP contribution in [0.1, 0.15) is 18.4 Å². The second-order valence-corrected chi connectivity index (χ2v) is 6.84. The Labute approximate surface area is 168 Å². The van der Waals surface area contributed by atoms with Crippen molar-refractivity contribution >= 4 is 24.1 Å². The highest BCUT2D eigenvalue weighted by Crippen LogP contribution is 2.32. The molecule has 1 fully saturated rings. The Hall–Kier alpha value is -3.29. The fourth-order valence-corrected chi connectivity index (χ4v) is 3.57. The first-order valence-electron chi connectivity index (χ1n) is 9.32. The maximum atomic E-state index is 14.4. The molecule has 3 rings (SSSR count). The zero-order chi connectivity index (χ0) is 21.0. The molecule has 2 aromatic rings. The van der Waals surface area contributed by atoms with Crippen LogP contribution in [0.15, 0.2) is 41.5 Å². The van der Waals surface area contributed by atoms with Crippen LogP contribution >= 0.6 is 0 Å². The molecular formula is C21H24F2N6. The summed E-state index contributed by atoms with van der Waals surface area (Å²) in [5.74, 6) is -0.628. The van der Waals surface area contributed by atoms with Crippen LogP contribution in [-0.4, -0.2) is 36.3 Å². The molecule has 0 bridgehead atoms. The first-order valence-corrected chi connectivity index (χ1v) is 9.32. The van der Waals surface area contributed by atoms with E-state index in [2.05, 4.69) is 21.5 Å². The van der Waals surface area contributed by atoms with Gasteiger partial charge in [0.15, 0.2) is 0 Å². The summed E-state index contributed by atoms with van der Waals surface area (Å²) in [4.78, 5) is 15.0. The number of piperidine rings is 1. The SMILES string of the molecule is C=Cc1c(N)nc(N2CCCC(/C(C=NC)=C/N)C2)nc1-c1ccc(F)cc1F. The average Bonchev–Trinajstić information content (AvgIpc) is 2.71. The number of hydrogen-bond acceptors (Lipinski definition) is 6. The number of nitrogen functional groups attached to an aromatic ring is 1. The lowest BCUT2D eigenvalue weighted by Gasteiger charge is -2.33. The summed E-state index contributed by atoms with van der Waals surface area (Å²) in [7, 11) is 1.70. The molecule has 8 heteroatoms. The maximum Gasteiger partial charge on any atom is 0.227 e. The molecular weight excluding hydrogens is 374 g/mol. The molecule has 1 aliphatic rings. The Bertz CT molecular complexity index is 970. The third-order valence-electron chi connectivity index (χ3n) is 5.00. The predicted octanol–water partition coefficient (Wildman–Crippen LogP) is 3.41. The van der Waals surface area contributed by atoms with Gasteiger partial charge >= 0.3 is 0 Å². The number of benzene rings is 1. The molecule has 0 saturated carbocycles. The molecule has 1 saturated heterocycles. The second-order valence-electron chi connectivity index (χ2n) is 6.84. The molecule has 0 amide bonds. The number of halogens is 2. The quantitative estimate of drug-likeness (QED) is 0.753. The molecule has 2 heterocycles. The Balaban J connectivity index is 2.02. The Morgan fingerprint density at radius 2 is 2.14 bits per heavy atom. The predicted molar refractivity (Wildman–Crippen MR) is 114 cm³/mol. The number of nitrogens with zero attached hydrogens (tertiary/aromatic N) is 4. The molecule has 6 nitrogen and oxygen atoms in total. The van der Waals surface area contributed by atoms with E-state index >= 15 is 0 Å². The molecule has 1 atom stereocenters. The molecule has 1 aromatic heterocycles. The van der Waals surface area contributed by atoms with Gasteiger partial charge in [0.2, 0.25) is 5.95 Å². The van der Waals surface area contributed by atoms with E-state index in [9.17, 15) is 8.78 Å². The van der Waals surface area contributed by atoms with Gasteiger partial charge in [0.25, 0.3) is 0 Å². The van der Waals surface area contributed by atoms with Gasteiger partial charge in [0, 0.05) is 49.5 Å². The van der Waals surface area contributed by atoms with Crippen LogP contribution in [0.2, 0.25) is 0 Å². The van der Waals surface area contributed by atoms with Crippen molar-refractivity contribution < 1.29 is 8.78 Å². The monoisotopic (exact) mass is 398 g/mol. The van der Waals surface area contributed by atoms with Crippen molar-refractivity contribution in [2.75, 3.05) is 30.8 Å². The minimum atomic E-state index is -0.721. The van der Waals surface area contributed by atoms with Gasteiger partial charge in [-0.15, -0.1) is 0 Å². The standard InChI is InChI=1S/C21H24F2N6/c1-3-16-19(17-7-6-15(22)9-18(17)23)27-21(28-20(16)25)29-8-4-5-13(12-29)14(10-24)11-26-2/h3,6-7,9-11,13H,1,4-5,8,12,24H2,2H3,(H2,25,27,28)/b14-10+,26-11?. The fraction of sp³-hybridized carbons (Fsp3) is 0.286. The third kappa shape index (κ3) is 4.26. The van der Waals surface area contributed by atoms with Gasteiger partial charge in [-0.2, -0.15) is 4.98 Å². The van der Waals surface area contributed by atoms with E-state index < -0.39 is 11.6 Å². The van der Waals surface area contributed by atoms with E-state index in [4.69, 9.17) is 11.5 Å². The Morgan fingerprint density at radius 1 is 1.34 bits per heavy atom. The lowest BCUT2D eigenvalue weighted by molar-refractivity contribution is 0.471. The van der Waals surface area contributed by atoms with Gasteiger partial charge in [-0.3, -0.25) is 4.99 Å². The maximum absolute atomic E-state index is 14.4. The summed E-state index contributed by atoms with van der Waals surface area (Å²) < 4.78 is 27.8. The number of aromatic nitrogens is 2. The molecule has 1 aliphatic heterocycles. The molecule has 0 radical (unpaired) electrons. The third-order valence-corrected chi connectivity index (χ3v) is 5.00. The Kier molecular flexibility index (Phi) is 6.21. The first kappa shape index (κ1) is 20.4. The summed E-state index contributed by atoms with van der Waals surface area (Å²) in [6, 6.07) is 3.34. The average molecular weight is 398 g/mol. The summed E-state index contributed by atoms with van der Waals surface area (Å²) in [6.07, 6.45) is 6.67. The van der Waals surface area contributed by atoms with Crippen LogP contribution in [0.4, 0.5) is 20.5 Å². The highest BCUT2D eigenvalue weighted by molar-refractivity contribution is 5.80. The second kappa shape index (κ2) is 8.81. The Morgan fingerprint density at radius 3 is 2.79 bits per heavy atom. The van der Waals surface area contributed by atoms with Crippen LogP contribution < -0.4 is 16.4 Å². The number of hydrogen-bond donors (Lipinski definition) is 2. The van der Waals surface area contributed by atoms with E-state index in [1.807, 2.05) is 4.90 Å². The molecule has 1 unspecified atom stereocenters. The van der Waals surface area contributed by atoms with Crippen molar-refractivity contribution in [2.45, 2.75) is 12.8 Å². The zero-order valence-electron chi connectivity index (χ0n) is 16.3. The first-order chi connectivity index (χ1) is 14.0. The summed E-state index contributed by atoms with van der Waals surface area (Å²) in [5.41, 5.74) is 13.7. The molecule has 29 heavy (non-hydrogen) atoms. The molecule has 4 N–H and O–H groups in total.